The minimum atomic E-state index is -1.11. The standard InChI is InChI=1S/C10H16O2/c1-3-7-10(12)8(2)5-4-6-9(10)11/h3,8,12H,1,4-7H2,2H3/t8-,10-/m0/s1. The molecular formula is C10H16O2. The van der Waals surface area contributed by atoms with Gasteiger partial charge >= 0.3 is 0 Å². The molecule has 0 spiro atoms. The minimum Gasteiger partial charge on any atom is -0.381 e. The lowest BCUT2D eigenvalue weighted by Crippen LogP contribution is -2.47. The van der Waals surface area contributed by atoms with Gasteiger partial charge in [-0.2, -0.15) is 0 Å². The molecule has 1 saturated carbocycles. The summed E-state index contributed by atoms with van der Waals surface area (Å²) < 4.78 is 0. The van der Waals surface area contributed by atoms with Gasteiger partial charge in [0.1, 0.15) is 5.60 Å². The maximum absolute atomic E-state index is 11.4. The first-order valence-corrected chi connectivity index (χ1v) is 4.48. The van der Waals surface area contributed by atoms with Crippen LogP contribution in [-0.4, -0.2) is 16.5 Å². The fraction of sp³-hybridized carbons (Fsp3) is 0.700. The van der Waals surface area contributed by atoms with Crippen molar-refractivity contribution in [2.75, 3.05) is 0 Å². The Labute approximate surface area is 73.3 Å². The average molecular weight is 168 g/mol. The Kier molecular flexibility index (Phi) is 2.68. The van der Waals surface area contributed by atoms with Gasteiger partial charge in [0.25, 0.3) is 0 Å². The molecule has 12 heavy (non-hydrogen) atoms. The molecule has 0 bridgehead atoms. The van der Waals surface area contributed by atoms with Crippen LogP contribution in [0.3, 0.4) is 0 Å². The van der Waals surface area contributed by atoms with E-state index in [2.05, 4.69) is 6.58 Å². The molecule has 1 rings (SSSR count). The number of hydrogen-bond acceptors (Lipinski definition) is 2. The molecule has 2 heteroatoms. The van der Waals surface area contributed by atoms with Crippen LogP contribution in [0.1, 0.15) is 32.6 Å². The second-order valence-electron chi connectivity index (χ2n) is 3.63. The number of carbonyl (C=O) groups is 1. The summed E-state index contributed by atoms with van der Waals surface area (Å²) in [5.74, 6) is 0.0675. The molecule has 2 atom stereocenters. The van der Waals surface area contributed by atoms with Crippen LogP contribution in [0, 0.1) is 5.92 Å². The Hall–Kier alpha value is -0.630. The third kappa shape index (κ3) is 1.44. The molecule has 0 aromatic carbocycles. The molecule has 0 aromatic rings. The van der Waals surface area contributed by atoms with Crippen LogP contribution in [0.15, 0.2) is 12.7 Å². The summed E-state index contributed by atoms with van der Waals surface area (Å²) in [5.41, 5.74) is -1.11. The zero-order valence-corrected chi connectivity index (χ0v) is 7.55. The molecule has 0 unspecified atom stereocenters. The van der Waals surface area contributed by atoms with Crippen molar-refractivity contribution < 1.29 is 9.90 Å². The number of rotatable bonds is 2. The number of carbonyl (C=O) groups excluding carboxylic acids is 1. The minimum absolute atomic E-state index is 0.0128. The zero-order valence-electron chi connectivity index (χ0n) is 7.55. The topological polar surface area (TPSA) is 37.3 Å². The Morgan fingerprint density at radius 3 is 3.00 bits per heavy atom. The quantitative estimate of drug-likeness (QED) is 0.637. The Balaban J connectivity index is 2.79. The third-order valence-electron chi connectivity index (χ3n) is 2.79. The largest absolute Gasteiger partial charge is 0.381 e. The highest BCUT2D eigenvalue weighted by Gasteiger charge is 2.41. The van der Waals surface area contributed by atoms with E-state index >= 15 is 0 Å². The van der Waals surface area contributed by atoms with Crippen molar-refractivity contribution in [1.82, 2.24) is 0 Å². The predicted octanol–water partition coefficient (Wildman–Crippen LogP) is 1.68. The van der Waals surface area contributed by atoms with E-state index in [1.807, 2.05) is 6.92 Å². The van der Waals surface area contributed by atoms with Gasteiger partial charge in [-0.3, -0.25) is 4.79 Å². The second-order valence-corrected chi connectivity index (χ2v) is 3.63. The molecule has 68 valence electrons. The smallest absolute Gasteiger partial charge is 0.164 e. The van der Waals surface area contributed by atoms with Crippen LogP contribution in [0.2, 0.25) is 0 Å². The number of aliphatic hydroxyl groups is 1. The van der Waals surface area contributed by atoms with Gasteiger partial charge in [-0.1, -0.05) is 13.0 Å². The van der Waals surface area contributed by atoms with Gasteiger partial charge in [0, 0.05) is 12.8 Å². The van der Waals surface area contributed by atoms with Crippen LogP contribution in [-0.2, 0) is 4.79 Å². The van der Waals surface area contributed by atoms with Gasteiger partial charge in [0.2, 0.25) is 0 Å². The van der Waals surface area contributed by atoms with Crippen LogP contribution < -0.4 is 0 Å². The molecule has 2 nitrogen and oxygen atoms in total. The molecule has 0 aliphatic heterocycles. The maximum Gasteiger partial charge on any atom is 0.164 e. The highest BCUT2D eigenvalue weighted by atomic mass is 16.3. The summed E-state index contributed by atoms with van der Waals surface area (Å²) in [4.78, 5) is 11.4. The van der Waals surface area contributed by atoms with Crippen molar-refractivity contribution in [2.24, 2.45) is 5.92 Å². The number of ketones is 1. The monoisotopic (exact) mass is 168 g/mol. The lowest BCUT2D eigenvalue weighted by Gasteiger charge is -2.35. The maximum atomic E-state index is 11.4. The Bertz CT molecular complexity index is 198. The molecule has 1 aliphatic rings. The third-order valence-corrected chi connectivity index (χ3v) is 2.79. The summed E-state index contributed by atoms with van der Waals surface area (Å²) in [6.07, 6.45) is 4.40. The van der Waals surface area contributed by atoms with Crippen LogP contribution >= 0.6 is 0 Å². The zero-order chi connectivity index (χ0) is 9.19. The lowest BCUT2D eigenvalue weighted by molar-refractivity contribution is -0.146. The molecule has 1 fully saturated rings. The molecule has 0 saturated heterocycles. The van der Waals surface area contributed by atoms with E-state index in [1.165, 1.54) is 0 Å². The molecule has 0 amide bonds. The second kappa shape index (κ2) is 3.40. The molecular weight excluding hydrogens is 152 g/mol. The fourth-order valence-electron chi connectivity index (χ4n) is 1.83. The highest BCUT2D eigenvalue weighted by molar-refractivity contribution is 5.88. The fourth-order valence-corrected chi connectivity index (χ4v) is 1.83. The predicted molar refractivity (Wildman–Crippen MR) is 47.8 cm³/mol. The first-order chi connectivity index (χ1) is 5.61. The van der Waals surface area contributed by atoms with Gasteiger partial charge in [0.15, 0.2) is 5.78 Å². The van der Waals surface area contributed by atoms with Crippen molar-refractivity contribution in [1.29, 1.82) is 0 Å². The van der Waals surface area contributed by atoms with Gasteiger partial charge in [0.05, 0.1) is 0 Å². The summed E-state index contributed by atoms with van der Waals surface area (Å²) in [6.45, 7) is 5.49. The summed E-state index contributed by atoms with van der Waals surface area (Å²) >= 11 is 0. The van der Waals surface area contributed by atoms with Crippen molar-refractivity contribution in [2.45, 2.75) is 38.2 Å². The van der Waals surface area contributed by atoms with E-state index in [4.69, 9.17) is 0 Å². The molecule has 0 heterocycles. The van der Waals surface area contributed by atoms with Gasteiger partial charge in [-0.05, 0) is 18.8 Å². The Morgan fingerprint density at radius 2 is 2.50 bits per heavy atom. The highest BCUT2D eigenvalue weighted by Crippen LogP contribution is 2.33. The van der Waals surface area contributed by atoms with E-state index in [0.717, 1.165) is 12.8 Å². The summed E-state index contributed by atoms with van der Waals surface area (Å²) in [5, 5.41) is 9.99. The molecule has 1 aliphatic carbocycles. The Morgan fingerprint density at radius 1 is 1.83 bits per heavy atom. The molecule has 0 aromatic heterocycles. The molecule has 0 radical (unpaired) electrons. The van der Waals surface area contributed by atoms with E-state index in [9.17, 15) is 9.90 Å². The van der Waals surface area contributed by atoms with E-state index in [0.29, 0.717) is 12.8 Å². The van der Waals surface area contributed by atoms with Crippen LogP contribution in [0.5, 0.6) is 0 Å². The summed E-state index contributed by atoms with van der Waals surface area (Å²) in [7, 11) is 0. The normalized spacial score (nSPS) is 36.5. The van der Waals surface area contributed by atoms with E-state index in [-0.39, 0.29) is 11.7 Å². The van der Waals surface area contributed by atoms with Gasteiger partial charge < -0.3 is 5.11 Å². The first-order valence-electron chi connectivity index (χ1n) is 4.48. The summed E-state index contributed by atoms with van der Waals surface area (Å²) in [6, 6.07) is 0. The van der Waals surface area contributed by atoms with Crippen molar-refractivity contribution in [3.05, 3.63) is 12.7 Å². The number of hydrogen-bond donors (Lipinski definition) is 1. The van der Waals surface area contributed by atoms with Crippen LogP contribution in [0.4, 0.5) is 0 Å². The van der Waals surface area contributed by atoms with E-state index in [1.54, 1.807) is 6.08 Å². The van der Waals surface area contributed by atoms with Gasteiger partial charge in [-0.15, -0.1) is 6.58 Å². The van der Waals surface area contributed by atoms with E-state index < -0.39 is 5.60 Å². The molecule has 1 N–H and O–H groups in total. The first kappa shape index (κ1) is 9.46. The van der Waals surface area contributed by atoms with Crippen molar-refractivity contribution in [3.63, 3.8) is 0 Å². The number of Topliss-reactive ketones (excluding diaryl/α,β-unsaturated/α-hetero) is 1. The lowest BCUT2D eigenvalue weighted by atomic mass is 9.74. The average Bonchev–Trinajstić information content (AvgIpc) is 2.02. The van der Waals surface area contributed by atoms with Crippen LogP contribution in [0.25, 0.3) is 0 Å². The van der Waals surface area contributed by atoms with Crippen molar-refractivity contribution in [3.8, 4) is 0 Å². The van der Waals surface area contributed by atoms with Crippen molar-refractivity contribution >= 4 is 5.78 Å². The SMILES string of the molecule is C=CC[C@@]1(O)C(=O)CCC[C@@H]1C. The van der Waals surface area contributed by atoms with Gasteiger partial charge in [-0.25, -0.2) is 0 Å².